The fourth-order valence-electron chi connectivity index (χ4n) is 11.3. The van der Waals surface area contributed by atoms with Gasteiger partial charge in [-0.1, -0.05) is 109 Å². The summed E-state index contributed by atoms with van der Waals surface area (Å²) in [5, 5.41) is 23.3. The molecule has 2 rings (SSSR count). The van der Waals surface area contributed by atoms with Gasteiger partial charge in [0.25, 0.3) is 0 Å². The number of aromatic nitrogens is 2. The first-order valence-corrected chi connectivity index (χ1v) is 32.7. The van der Waals surface area contributed by atoms with E-state index in [0.717, 1.165) is 14.4 Å². The Hall–Kier alpha value is -7.45. The highest BCUT2D eigenvalue weighted by molar-refractivity contribution is 5.99. The third-order valence-electron chi connectivity index (χ3n) is 17.0. The number of imidazole rings is 1. The molecule has 0 spiro atoms. The minimum atomic E-state index is -1.73. The zero-order chi connectivity index (χ0) is 71.4. The molecule has 27 nitrogen and oxygen atoms in total. The van der Waals surface area contributed by atoms with Gasteiger partial charge in [0.2, 0.25) is 65.0 Å². The molecule has 1 aliphatic heterocycles. The van der Waals surface area contributed by atoms with E-state index in [1.165, 1.54) is 106 Å². The number of likely N-dealkylation sites (N-methyl/N-ethyl adjacent to an activating group) is 7. The lowest BCUT2D eigenvalue weighted by atomic mass is 9.91. The van der Waals surface area contributed by atoms with Crippen molar-refractivity contribution in [3.63, 3.8) is 0 Å². The van der Waals surface area contributed by atoms with Gasteiger partial charge < -0.3 is 65.4 Å². The number of nitrogens with zero attached hydrogens (tertiary/aromatic N) is 9. The maximum absolute atomic E-state index is 15.3. The van der Waals surface area contributed by atoms with Crippen molar-refractivity contribution in [2.45, 2.75) is 216 Å². The number of hydrogen-bond acceptors (Lipinski definition) is 15. The quantitative estimate of drug-likeness (QED) is 0.140. The fourth-order valence-corrected chi connectivity index (χ4v) is 11.3. The van der Waals surface area contributed by atoms with E-state index in [0.29, 0.717) is 0 Å². The summed E-state index contributed by atoms with van der Waals surface area (Å²) in [4.78, 5) is 186. The summed E-state index contributed by atoms with van der Waals surface area (Å²) in [6.45, 7) is 27.0. The zero-order valence-electron chi connectivity index (χ0n) is 59.7. The third-order valence-corrected chi connectivity index (χ3v) is 17.0. The van der Waals surface area contributed by atoms with E-state index in [9.17, 15) is 43.5 Å². The number of hydrogen-bond donors (Lipinski definition) is 5. The second-order valence-electron chi connectivity index (χ2n) is 27.5. The lowest BCUT2D eigenvalue weighted by Gasteiger charge is -2.41. The molecule has 11 amide bonds. The average molecular weight is 1310 g/mol. The van der Waals surface area contributed by atoms with Crippen LogP contribution in [-0.2, 0) is 57.5 Å². The van der Waals surface area contributed by atoms with E-state index in [1.807, 2.05) is 55.4 Å². The summed E-state index contributed by atoms with van der Waals surface area (Å²) in [6.07, 6.45) is 5.52. The summed E-state index contributed by atoms with van der Waals surface area (Å²) in [6, 6.07) is -12.8. The molecule has 526 valence electrons. The molecule has 1 aliphatic rings. The van der Waals surface area contributed by atoms with Crippen molar-refractivity contribution in [2.75, 3.05) is 62.5 Å². The minimum absolute atomic E-state index is 0.0307. The Morgan fingerprint density at radius 3 is 1.48 bits per heavy atom. The molecule has 1 aromatic rings. The van der Waals surface area contributed by atoms with E-state index < -0.39 is 162 Å². The summed E-state index contributed by atoms with van der Waals surface area (Å²) in [5.74, 6) is -10.5. The second-order valence-corrected chi connectivity index (χ2v) is 27.5. The number of amides is 11. The standard InChI is InChI=1S/C66H113N13O14/c1-24-46-61(87)72(17)35-51(80)73(18)47(31-37(2)3)58(84)71-52(41(10)11)64(90)74(19)48(32-38(4)5)57(83)68-44(15)56(82)69-45(16)60(86)75(20)49(33-39(6)7)62(88)76(21)50(34-40(8)9)63(89)77(22)53(42(12)13)65(91)78(23)54(59(85)70-46)55(81)43(14)27-25-26-30-93-66(92)79-29-28-67-36-79/h25-26,28-29,36-50,52-55,81H,24,27,30-35H2,1-23H3,(H,68,83)(H,69,82)(H,70,85)(H,71,84)/b26-25+/t43-,44+,45-,46+,47?,48+,49-,50-,52+,53+,54?,55-/m1/s1. The molecular formula is C66H113N13O14. The molecule has 2 heterocycles. The van der Waals surface area contributed by atoms with Crippen molar-refractivity contribution in [3.8, 4) is 0 Å². The number of aliphatic hydroxyl groups excluding tert-OH is 1. The Balaban J connectivity index is 2.96. The molecule has 2 unspecified atom stereocenters. The number of allylic oxidation sites excluding steroid dienone is 1. The van der Waals surface area contributed by atoms with Gasteiger partial charge in [0.15, 0.2) is 0 Å². The van der Waals surface area contributed by atoms with Crippen molar-refractivity contribution in [1.29, 1.82) is 0 Å². The Bertz CT molecular complexity index is 2740. The van der Waals surface area contributed by atoms with Crippen LogP contribution in [-0.4, -0.2) is 249 Å². The van der Waals surface area contributed by atoms with Crippen LogP contribution in [0.5, 0.6) is 0 Å². The molecule has 0 aromatic carbocycles. The molecule has 1 saturated heterocycles. The zero-order valence-corrected chi connectivity index (χ0v) is 59.7. The first kappa shape index (κ1) is 81.6. The van der Waals surface area contributed by atoms with E-state index in [2.05, 4.69) is 26.3 Å². The Morgan fingerprint density at radius 2 is 1.00 bits per heavy atom. The van der Waals surface area contributed by atoms with Crippen molar-refractivity contribution >= 4 is 71.1 Å². The normalized spacial score (nSPS) is 25.5. The van der Waals surface area contributed by atoms with Gasteiger partial charge in [-0.2, -0.15) is 0 Å². The van der Waals surface area contributed by atoms with Crippen LogP contribution < -0.4 is 21.3 Å². The van der Waals surface area contributed by atoms with Gasteiger partial charge in [-0.3, -0.25) is 52.7 Å². The predicted octanol–water partition coefficient (Wildman–Crippen LogP) is 3.13. The number of carbonyl (C=O) groups is 12. The summed E-state index contributed by atoms with van der Waals surface area (Å²) >= 11 is 0. The van der Waals surface area contributed by atoms with E-state index in [4.69, 9.17) is 4.74 Å². The van der Waals surface area contributed by atoms with Crippen molar-refractivity contribution < 1.29 is 67.4 Å². The molecule has 12 atom stereocenters. The number of nitrogens with one attached hydrogen (secondary N) is 4. The monoisotopic (exact) mass is 1310 g/mol. The number of ether oxygens (including phenoxy) is 1. The number of aliphatic hydroxyl groups is 1. The Morgan fingerprint density at radius 1 is 0.538 bits per heavy atom. The van der Waals surface area contributed by atoms with Crippen LogP contribution in [0.1, 0.15) is 149 Å². The molecule has 0 bridgehead atoms. The molecule has 93 heavy (non-hydrogen) atoms. The molecular weight excluding hydrogens is 1200 g/mol. The average Bonchev–Trinajstić information content (AvgIpc) is 1.09. The van der Waals surface area contributed by atoms with Gasteiger partial charge in [0, 0.05) is 61.7 Å². The van der Waals surface area contributed by atoms with Crippen LogP contribution in [0.3, 0.4) is 0 Å². The summed E-state index contributed by atoms with van der Waals surface area (Å²) in [5.41, 5.74) is 0. The van der Waals surface area contributed by atoms with Crippen LogP contribution in [0.2, 0.25) is 0 Å². The summed E-state index contributed by atoms with van der Waals surface area (Å²) in [7, 11) is 9.75. The minimum Gasteiger partial charge on any atom is -0.445 e. The van der Waals surface area contributed by atoms with Crippen molar-refractivity contribution in [3.05, 3.63) is 30.9 Å². The Kier molecular flexibility index (Phi) is 32.9. The van der Waals surface area contributed by atoms with Crippen molar-refractivity contribution in [1.82, 2.24) is 65.1 Å². The highest BCUT2D eigenvalue weighted by Gasteiger charge is 2.46. The summed E-state index contributed by atoms with van der Waals surface area (Å²) < 4.78 is 6.42. The SMILES string of the molecule is CC[C@@H]1NC(=O)C([C@H](O)[C@H](C)C/C=C/COC(=O)n2ccnc2)N(C)C(=O)[C@H](C(C)C)N(C)C(=O)[C@@H](CC(C)C)N(C)C(=O)[C@@H](CC(C)C)N(C)C(=O)[C@@H](C)NC(=O)[C@H](C)NC(=O)[C@H](CC(C)C)N(C)C(=O)[C@H](C(C)C)NC(=O)C(CC(C)C)N(C)C(=O)CN(C)C1=O. The van der Waals surface area contributed by atoms with Crippen LogP contribution in [0.15, 0.2) is 30.9 Å². The van der Waals surface area contributed by atoms with Crippen LogP contribution in [0, 0.1) is 41.4 Å². The fraction of sp³-hybridized carbons (Fsp3) is 0.742. The van der Waals surface area contributed by atoms with Gasteiger partial charge in [-0.25, -0.2) is 14.3 Å². The van der Waals surface area contributed by atoms with Gasteiger partial charge >= 0.3 is 6.09 Å². The lowest BCUT2D eigenvalue weighted by Crippen LogP contribution is -2.63. The van der Waals surface area contributed by atoms with Gasteiger partial charge in [0.1, 0.15) is 73.4 Å². The molecule has 0 radical (unpaired) electrons. The highest BCUT2D eigenvalue weighted by atomic mass is 16.5. The molecule has 0 saturated carbocycles. The molecule has 5 N–H and O–H groups in total. The first-order valence-electron chi connectivity index (χ1n) is 32.7. The molecule has 27 heteroatoms. The topological polar surface area (TPSA) is 323 Å². The predicted molar refractivity (Wildman–Crippen MR) is 352 cm³/mol. The van der Waals surface area contributed by atoms with Crippen LogP contribution in [0.25, 0.3) is 0 Å². The smallest absolute Gasteiger partial charge is 0.419 e. The molecule has 1 aromatic heterocycles. The van der Waals surface area contributed by atoms with Crippen LogP contribution >= 0.6 is 0 Å². The van der Waals surface area contributed by atoms with Gasteiger partial charge in [-0.05, 0) is 93.8 Å². The Labute approximate surface area is 552 Å². The van der Waals surface area contributed by atoms with Crippen molar-refractivity contribution in [2.24, 2.45) is 41.4 Å². The number of carbonyl (C=O) groups excluding carboxylic acids is 12. The maximum atomic E-state index is 15.3. The van der Waals surface area contributed by atoms with E-state index in [1.54, 1.807) is 53.7 Å². The second kappa shape index (κ2) is 37.4. The maximum Gasteiger partial charge on any atom is 0.419 e. The van der Waals surface area contributed by atoms with E-state index >= 15 is 19.2 Å². The molecule has 0 aliphatic carbocycles. The van der Waals surface area contributed by atoms with E-state index in [-0.39, 0.29) is 68.8 Å². The first-order chi connectivity index (χ1) is 43.1. The number of rotatable bonds is 17. The molecule has 1 fully saturated rings. The largest absolute Gasteiger partial charge is 0.445 e. The van der Waals surface area contributed by atoms with Gasteiger partial charge in [0.05, 0.1) is 12.6 Å². The highest BCUT2D eigenvalue weighted by Crippen LogP contribution is 2.26. The van der Waals surface area contributed by atoms with Gasteiger partial charge in [-0.15, -0.1) is 0 Å². The van der Waals surface area contributed by atoms with Crippen LogP contribution in [0.4, 0.5) is 4.79 Å². The third kappa shape index (κ3) is 23.2. The lowest BCUT2D eigenvalue weighted by molar-refractivity contribution is -0.157.